The number of hydrogen-bond donors (Lipinski definition) is 1. The van der Waals surface area contributed by atoms with Crippen LogP contribution in [0.25, 0.3) is 0 Å². The molecule has 0 radical (unpaired) electrons. The fourth-order valence-corrected chi connectivity index (χ4v) is 3.45. The maximum Gasteiger partial charge on any atom is 0.215 e. The lowest BCUT2D eigenvalue weighted by Gasteiger charge is -2.15. The van der Waals surface area contributed by atoms with E-state index in [9.17, 15) is 8.78 Å². The zero-order valence-corrected chi connectivity index (χ0v) is 14.3. The molecule has 2 heterocycles. The van der Waals surface area contributed by atoms with E-state index in [-0.39, 0.29) is 12.1 Å². The van der Waals surface area contributed by atoms with Gasteiger partial charge in [-0.05, 0) is 24.4 Å². The highest BCUT2D eigenvalue weighted by molar-refractivity contribution is 7.71. The number of rotatable bonds is 4. The molecule has 0 amide bonds. The van der Waals surface area contributed by atoms with E-state index < -0.39 is 23.3 Å². The van der Waals surface area contributed by atoms with Gasteiger partial charge in [0.1, 0.15) is 29.7 Å². The van der Waals surface area contributed by atoms with Gasteiger partial charge in [-0.3, -0.25) is 9.78 Å². The summed E-state index contributed by atoms with van der Waals surface area (Å²) in [5.41, 5.74) is -0.0673. The Balaban J connectivity index is 1.82. The Morgan fingerprint density at radius 3 is 2.76 bits per heavy atom. The molecule has 0 bridgehead atoms. The summed E-state index contributed by atoms with van der Waals surface area (Å²) in [6.07, 6.45) is 0.968. The Morgan fingerprint density at radius 2 is 2.08 bits per heavy atom. The minimum Gasteiger partial charge on any atom is -0.354 e. The number of aromatic nitrogens is 3. The van der Waals surface area contributed by atoms with Crippen LogP contribution in [0.3, 0.4) is 0 Å². The quantitative estimate of drug-likeness (QED) is 0.534. The van der Waals surface area contributed by atoms with Gasteiger partial charge < -0.3 is 4.74 Å². The van der Waals surface area contributed by atoms with Gasteiger partial charge in [0, 0.05) is 22.2 Å². The first-order valence-electron chi connectivity index (χ1n) is 7.49. The van der Waals surface area contributed by atoms with Crippen LogP contribution < -0.4 is 0 Å². The Labute approximate surface area is 152 Å². The van der Waals surface area contributed by atoms with Crippen molar-refractivity contribution in [1.29, 1.82) is 0 Å². The molecule has 4 rings (SSSR count). The lowest BCUT2D eigenvalue weighted by atomic mass is 9.91. The van der Waals surface area contributed by atoms with Crippen molar-refractivity contribution in [3.8, 4) is 0 Å². The highest BCUT2D eigenvalue weighted by Crippen LogP contribution is 2.59. The molecule has 3 aromatic rings. The van der Waals surface area contributed by atoms with E-state index in [2.05, 4.69) is 10.1 Å². The lowest BCUT2D eigenvalue weighted by molar-refractivity contribution is 0.255. The van der Waals surface area contributed by atoms with Crippen molar-refractivity contribution in [2.75, 3.05) is 0 Å². The van der Waals surface area contributed by atoms with Gasteiger partial charge in [-0.2, -0.15) is 0 Å². The third-order valence-corrected chi connectivity index (χ3v) is 4.95. The van der Waals surface area contributed by atoms with Gasteiger partial charge in [-0.25, -0.2) is 13.8 Å². The molecule has 0 unspecified atom stereocenters. The number of H-pyrrole nitrogens is 1. The van der Waals surface area contributed by atoms with Crippen molar-refractivity contribution < 1.29 is 13.5 Å². The number of halogens is 3. The zero-order chi connectivity index (χ0) is 17.6. The first-order valence-corrected chi connectivity index (χ1v) is 8.28. The van der Waals surface area contributed by atoms with Gasteiger partial charge in [0.25, 0.3) is 0 Å². The average molecular weight is 380 g/mol. The van der Waals surface area contributed by atoms with Crippen molar-refractivity contribution in [3.63, 3.8) is 0 Å². The van der Waals surface area contributed by atoms with Gasteiger partial charge in [0.2, 0.25) is 4.77 Å². The maximum absolute atomic E-state index is 14.5. The summed E-state index contributed by atoms with van der Waals surface area (Å²) >= 11 is 11.4. The van der Waals surface area contributed by atoms with E-state index in [1.807, 2.05) is 12.1 Å². The van der Waals surface area contributed by atoms with Crippen LogP contribution in [-0.2, 0) is 16.9 Å². The molecule has 4 nitrogen and oxygen atoms in total. The van der Waals surface area contributed by atoms with Crippen molar-refractivity contribution in [2.24, 2.45) is 0 Å². The highest BCUT2D eigenvalue weighted by atomic mass is 35.5. The molecule has 1 aliphatic rings. The summed E-state index contributed by atoms with van der Waals surface area (Å²) in [7, 11) is 0. The van der Waals surface area contributed by atoms with Crippen LogP contribution in [0, 0.1) is 16.4 Å². The smallest absolute Gasteiger partial charge is 0.215 e. The van der Waals surface area contributed by atoms with Gasteiger partial charge in [-0.15, -0.1) is 0 Å². The maximum atomic E-state index is 14.5. The monoisotopic (exact) mass is 379 g/mol. The summed E-state index contributed by atoms with van der Waals surface area (Å²) in [6.45, 7) is 0.199. The van der Waals surface area contributed by atoms with Gasteiger partial charge in [0.05, 0.1) is 6.54 Å². The minimum absolute atomic E-state index is 0.199. The van der Waals surface area contributed by atoms with Crippen molar-refractivity contribution in [3.05, 3.63) is 81.3 Å². The molecular formula is C17H12ClF2N3OS. The molecule has 1 N–H and O–H groups in total. The number of nitrogens with zero attached hydrogens (tertiary/aromatic N) is 2. The van der Waals surface area contributed by atoms with E-state index in [0.29, 0.717) is 9.79 Å². The van der Waals surface area contributed by atoms with E-state index in [0.717, 1.165) is 11.6 Å². The molecule has 128 valence electrons. The second-order valence-corrected chi connectivity index (χ2v) is 6.56. The topological polar surface area (TPSA) is 46.1 Å². The fraction of sp³-hybridized carbons (Fsp3) is 0.176. The molecular weight excluding hydrogens is 368 g/mol. The second kappa shape index (κ2) is 6.01. The largest absolute Gasteiger partial charge is 0.354 e. The average Bonchev–Trinajstić information content (AvgIpc) is 3.14. The summed E-state index contributed by atoms with van der Waals surface area (Å²) in [5, 5.41) is 3.40. The Hall–Kier alpha value is -2.09. The molecule has 2 atom stereocenters. The number of ether oxygens (including phenoxy) is 1. The van der Waals surface area contributed by atoms with Gasteiger partial charge in [0.15, 0.2) is 0 Å². The molecule has 0 aliphatic carbocycles. The predicted octanol–water partition coefficient (Wildman–Crippen LogP) is 4.54. The normalized spacial score (nSPS) is 22.1. The minimum atomic E-state index is -1.05. The SMILES string of the molecule is Fc1ccc([C@]2(Cn3[nH]cnc3=S)O[C@@H]2c2ccccc2Cl)c(F)c1. The van der Waals surface area contributed by atoms with E-state index in [4.69, 9.17) is 28.6 Å². The predicted molar refractivity (Wildman–Crippen MR) is 90.7 cm³/mol. The molecule has 0 saturated carbocycles. The molecule has 1 fully saturated rings. The fourth-order valence-electron chi connectivity index (χ4n) is 3.05. The number of aromatic amines is 1. The lowest BCUT2D eigenvalue weighted by Crippen LogP contribution is -2.21. The van der Waals surface area contributed by atoms with Gasteiger partial charge >= 0.3 is 0 Å². The third kappa shape index (κ3) is 2.78. The second-order valence-electron chi connectivity index (χ2n) is 5.79. The van der Waals surface area contributed by atoms with Crippen molar-refractivity contribution in [1.82, 2.24) is 14.8 Å². The van der Waals surface area contributed by atoms with Crippen LogP contribution in [-0.4, -0.2) is 14.8 Å². The molecule has 1 saturated heterocycles. The zero-order valence-electron chi connectivity index (χ0n) is 12.7. The summed E-state index contributed by atoms with van der Waals surface area (Å²) in [4.78, 5) is 3.96. The van der Waals surface area contributed by atoms with Crippen LogP contribution in [0.1, 0.15) is 17.2 Å². The van der Waals surface area contributed by atoms with Crippen LogP contribution in [0.4, 0.5) is 8.78 Å². The third-order valence-electron chi connectivity index (χ3n) is 4.28. The van der Waals surface area contributed by atoms with E-state index >= 15 is 0 Å². The van der Waals surface area contributed by atoms with Crippen molar-refractivity contribution in [2.45, 2.75) is 18.2 Å². The van der Waals surface area contributed by atoms with Crippen LogP contribution in [0.2, 0.25) is 5.02 Å². The molecule has 8 heteroatoms. The summed E-state index contributed by atoms with van der Waals surface area (Å²) < 4.78 is 35.7. The molecule has 1 aliphatic heterocycles. The summed E-state index contributed by atoms with van der Waals surface area (Å²) in [5.74, 6) is -1.33. The molecule has 1 aromatic heterocycles. The Morgan fingerprint density at radius 1 is 1.28 bits per heavy atom. The number of hydrogen-bond acceptors (Lipinski definition) is 3. The van der Waals surface area contributed by atoms with E-state index in [1.54, 1.807) is 16.8 Å². The first kappa shape index (κ1) is 16.4. The van der Waals surface area contributed by atoms with Crippen LogP contribution in [0.15, 0.2) is 48.8 Å². The van der Waals surface area contributed by atoms with Crippen LogP contribution in [0.5, 0.6) is 0 Å². The number of nitrogens with one attached hydrogen (secondary N) is 1. The number of epoxide rings is 1. The standard InChI is InChI=1S/C17H12ClF2N3OS/c18-13-4-2-1-3-11(13)15-17(24-15,8-23-16(25)21-9-22-23)12-6-5-10(19)7-14(12)20/h1-7,9,15H,8H2,(H,21,22,25)/t15-,17+/m1/s1. The van der Waals surface area contributed by atoms with E-state index in [1.165, 1.54) is 18.5 Å². The highest BCUT2D eigenvalue weighted by Gasteiger charge is 2.60. The Kier molecular flexibility index (Phi) is 3.94. The molecule has 0 spiro atoms. The molecule has 2 aromatic carbocycles. The summed E-state index contributed by atoms with van der Waals surface area (Å²) in [6, 6.07) is 10.6. The van der Waals surface area contributed by atoms with Crippen molar-refractivity contribution >= 4 is 23.8 Å². The molecule has 25 heavy (non-hydrogen) atoms. The Bertz CT molecular complexity index is 1010. The number of benzene rings is 2. The van der Waals surface area contributed by atoms with Gasteiger partial charge in [-0.1, -0.05) is 35.9 Å². The van der Waals surface area contributed by atoms with Crippen LogP contribution >= 0.6 is 23.8 Å². The first-order chi connectivity index (χ1) is 12.0.